The Bertz CT molecular complexity index is 3200. The van der Waals surface area contributed by atoms with E-state index in [-0.39, 0.29) is 50.9 Å². The zero-order valence-electron chi connectivity index (χ0n) is 37.1. The van der Waals surface area contributed by atoms with Crippen LogP contribution in [0.25, 0.3) is 33.5 Å². The summed E-state index contributed by atoms with van der Waals surface area (Å²) in [6, 6.07) is 0. The third-order valence-electron chi connectivity index (χ3n) is 11.3. The number of hydrogen-bond donors (Lipinski definition) is 12. The third-order valence-corrected chi connectivity index (χ3v) is 14.7. The largest absolute Gasteiger partial charge is 0.472 e. The summed E-state index contributed by atoms with van der Waals surface area (Å²) in [6.45, 7) is -4.78. The smallest absolute Gasteiger partial charge is 0.387 e. The summed E-state index contributed by atoms with van der Waals surface area (Å²) < 4.78 is 107. The van der Waals surface area contributed by atoms with E-state index in [9.17, 15) is 63.2 Å². The molecule has 3 aliphatic heterocycles. The number of aliphatic hydroxyl groups excluding tert-OH is 4. The molecule has 3 fully saturated rings. The Balaban J connectivity index is 0.822. The average molecular weight is 1130 g/mol. The molecule has 74 heavy (non-hydrogen) atoms. The molecule has 0 radical (unpaired) electrons. The molecule has 42 heteroatoms. The quantitative estimate of drug-likeness (QED) is 0.0247. The van der Waals surface area contributed by atoms with Gasteiger partial charge in [0.05, 0.1) is 52.0 Å². The van der Waals surface area contributed by atoms with Crippen molar-refractivity contribution in [2.75, 3.05) is 50.2 Å². The first-order chi connectivity index (χ1) is 34.9. The Hall–Kier alpha value is -4.79. The highest BCUT2D eigenvalue weighted by Gasteiger charge is 2.53. The molecule has 0 spiro atoms. The molecule has 9 heterocycles. The number of fused-ring (bicyclic) bond motifs is 3. The molecule has 15 atom stereocenters. The summed E-state index contributed by atoms with van der Waals surface area (Å²) >= 11 is 0. The molecule has 9 rings (SSSR count). The van der Waals surface area contributed by atoms with Crippen molar-refractivity contribution in [2.45, 2.75) is 73.6 Å². The summed E-state index contributed by atoms with van der Waals surface area (Å²) in [7, 11) is -21.0. The maximum Gasteiger partial charge on any atom is 0.472 e. The van der Waals surface area contributed by atoms with Crippen molar-refractivity contribution in [3.8, 4) is 0 Å². The molecule has 6 aromatic rings. The van der Waals surface area contributed by atoms with Gasteiger partial charge in [-0.25, -0.2) is 63.1 Å². The first kappa shape index (κ1) is 54.0. The van der Waals surface area contributed by atoms with Crippen molar-refractivity contribution in [2.24, 2.45) is 0 Å². The molecule has 0 aliphatic carbocycles. The summed E-state index contributed by atoms with van der Waals surface area (Å²) in [5.41, 5.74) is 17.9. The minimum absolute atomic E-state index is 0.0136. The van der Waals surface area contributed by atoms with Crippen LogP contribution in [0.4, 0.5) is 17.5 Å². The molecule has 0 bridgehead atoms. The number of phosphoric acid groups is 4. The molecular weight excluding hydrogens is 1090 g/mol. The molecule has 3 aliphatic rings. The highest BCUT2D eigenvalue weighted by Crippen LogP contribution is 2.53. The van der Waals surface area contributed by atoms with E-state index >= 15 is 0 Å². The van der Waals surface area contributed by atoms with Gasteiger partial charge in [-0.15, -0.1) is 0 Å². The molecule has 3 unspecified atom stereocenters. The molecule has 0 saturated carbocycles. The second-order valence-electron chi connectivity index (χ2n) is 16.0. The van der Waals surface area contributed by atoms with Crippen LogP contribution < -0.4 is 17.2 Å². The fourth-order valence-corrected chi connectivity index (χ4v) is 10.8. The minimum Gasteiger partial charge on any atom is -0.387 e. The van der Waals surface area contributed by atoms with Crippen molar-refractivity contribution in [1.29, 1.82) is 0 Å². The topological polar surface area (TPSA) is 552 Å². The van der Waals surface area contributed by atoms with E-state index in [1.165, 1.54) is 10.9 Å². The van der Waals surface area contributed by atoms with Gasteiger partial charge in [-0.2, -0.15) is 0 Å². The van der Waals surface area contributed by atoms with Gasteiger partial charge in [0.2, 0.25) is 0 Å². The average Bonchev–Trinajstić information content (AvgIpc) is 4.20. The second kappa shape index (κ2) is 21.0. The number of anilines is 3. The van der Waals surface area contributed by atoms with Gasteiger partial charge < -0.3 is 76.3 Å². The Labute approximate surface area is 411 Å². The maximum atomic E-state index is 13.5. The highest BCUT2D eigenvalue weighted by atomic mass is 31.2. The van der Waals surface area contributed by atoms with Crippen LogP contribution in [-0.2, 0) is 64.1 Å². The zero-order chi connectivity index (χ0) is 53.1. The van der Waals surface area contributed by atoms with Crippen molar-refractivity contribution in [1.82, 2.24) is 58.6 Å². The fraction of sp³-hybridized carbons (Fsp3) is 0.531. The monoisotopic (exact) mass is 1130 g/mol. The summed E-state index contributed by atoms with van der Waals surface area (Å²) in [5.74, 6) is -0.158. The summed E-state index contributed by atoms with van der Waals surface area (Å²) in [5, 5.41) is 44.1. The molecule has 38 nitrogen and oxygen atoms in total. The van der Waals surface area contributed by atoms with E-state index < -0.39 is 138 Å². The van der Waals surface area contributed by atoms with E-state index in [1.807, 2.05) is 0 Å². The van der Waals surface area contributed by atoms with Gasteiger partial charge in [0.1, 0.15) is 90.5 Å². The SMILES string of the molecule is Nc1ncnc2c1ncn2[C@@H]1O[C@H](COP(=O)(O)O[C@@H]2[C@H](O)[C@@H](COP(=O)(O)OCCOP(=O)(O)O[C@@H]3[C@H](O)[C@@H](COP(=O)(O)O)O[C@H]3n3cnc4c(N)ncnc43)O[C@H]2n2cnc3c(N)ncnc32)[C@@H](O)[C@H]1O. The number of hydrogen-bond acceptors (Lipinski definition) is 30. The predicted molar refractivity (Wildman–Crippen MR) is 236 cm³/mol. The van der Waals surface area contributed by atoms with Gasteiger partial charge in [-0.3, -0.25) is 45.4 Å². The highest BCUT2D eigenvalue weighted by molar-refractivity contribution is 7.48. The summed E-state index contributed by atoms with van der Waals surface area (Å²) in [6.07, 6.45) is -13.7. The number of nitrogens with two attached hydrogens (primary N) is 3. The lowest BCUT2D eigenvalue weighted by atomic mass is 10.1. The number of phosphoric ester groups is 4. The van der Waals surface area contributed by atoms with Crippen LogP contribution in [0, 0.1) is 0 Å². The lowest BCUT2D eigenvalue weighted by Crippen LogP contribution is -2.36. The van der Waals surface area contributed by atoms with Gasteiger partial charge in [0.25, 0.3) is 0 Å². The molecule has 15 N–H and O–H groups in total. The first-order valence-electron chi connectivity index (χ1n) is 21.0. The number of aliphatic hydroxyl groups is 4. The van der Waals surface area contributed by atoms with E-state index in [0.717, 1.165) is 40.8 Å². The van der Waals surface area contributed by atoms with Crippen LogP contribution >= 0.6 is 31.3 Å². The molecule has 3 saturated heterocycles. The fourth-order valence-electron chi connectivity index (χ4n) is 7.87. The van der Waals surface area contributed by atoms with Crippen LogP contribution in [0.2, 0.25) is 0 Å². The molecular formula is C32H43N15O23P4. The molecule has 6 aromatic heterocycles. The predicted octanol–water partition coefficient (Wildman–Crippen LogP) is -3.36. The number of aromatic nitrogens is 12. The van der Waals surface area contributed by atoms with Gasteiger partial charge in [0, 0.05) is 0 Å². The lowest BCUT2D eigenvalue weighted by molar-refractivity contribution is -0.0616. The Kier molecular flexibility index (Phi) is 15.3. The van der Waals surface area contributed by atoms with Gasteiger partial charge in [-0.1, -0.05) is 0 Å². The Morgan fingerprint density at radius 2 is 0.811 bits per heavy atom. The molecule has 404 valence electrons. The third kappa shape index (κ3) is 11.3. The van der Waals surface area contributed by atoms with E-state index in [1.54, 1.807) is 0 Å². The van der Waals surface area contributed by atoms with Crippen LogP contribution in [0.3, 0.4) is 0 Å². The normalized spacial score (nSPS) is 30.1. The van der Waals surface area contributed by atoms with Crippen molar-refractivity contribution in [3.05, 3.63) is 38.0 Å². The molecule has 0 aromatic carbocycles. The van der Waals surface area contributed by atoms with Gasteiger partial charge in [0.15, 0.2) is 53.1 Å². The number of imidazole rings is 3. The standard InChI is InChI=1S/C32H43N15O23P4/c33-24-15-27(39-6-36-24)45(9-42-15)30-21(51)18(48)12(66-30)4-65-74(59,60)70-23-20(50)14(68-32(23)47-11-44-17-26(35)38-8-41-29(17)47)5-64-72(55,56)61-1-2-62-73(57,58)69-22-19(49)13(3-63-71(52,53)54)67-31(22)46-10-43-16-25(34)37-7-40-28(16)46/h6-14,18-23,30-32,48-51H,1-5H2,(H,55,56)(H,57,58)(H,59,60)(H2,33,36,39)(H2,34,37,40)(H2,35,38,41)(H2,52,53,54)/t12-,13-,14-,18-,19-,20-,21-,22-,23-,30-,31-,32-/m1/s1. The maximum absolute atomic E-state index is 13.5. The van der Waals surface area contributed by atoms with Crippen LogP contribution in [0.1, 0.15) is 18.7 Å². The Morgan fingerprint density at radius 3 is 1.24 bits per heavy atom. The first-order valence-corrected chi connectivity index (χ1v) is 27.0. The van der Waals surface area contributed by atoms with Gasteiger partial charge >= 0.3 is 31.3 Å². The number of ether oxygens (including phenoxy) is 3. The van der Waals surface area contributed by atoms with Crippen molar-refractivity contribution < 1.29 is 109 Å². The van der Waals surface area contributed by atoms with Crippen LogP contribution in [0.15, 0.2) is 38.0 Å². The number of rotatable bonds is 21. The second-order valence-corrected chi connectivity index (χ2v) is 21.5. The number of nitrogen functional groups attached to an aromatic ring is 3. The molecule has 0 amide bonds. The Morgan fingerprint density at radius 1 is 0.459 bits per heavy atom. The zero-order valence-corrected chi connectivity index (χ0v) is 40.6. The van der Waals surface area contributed by atoms with Crippen LogP contribution in [-0.4, -0.2) is 191 Å². The van der Waals surface area contributed by atoms with E-state index in [2.05, 4.69) is 49.4 Å². The number of nitrogens with zero attached hydrogens (tertiary/aromatic N) is 12. The van der Waals surface area contributed by atoms with Gasteiger partial charge in [-0.05, 0) is 0 Å². The van der Waals surface area contributed by atoms with Crippen LogP contribution in [0.5, 0.6) is 0 Å². The minimum atomic E-state index is -5.34. The van der Waals surface area contributed by atoms with E-state index in [0.29, 0.717) is 0 Å². The summed E-state index contributed by atoms with van der Waals surface area (Å²) in [4.78, 5) is 86.4. The lowest BCUT2D eigenvalue weighted by Gasteiger charge is -2.25. The van der Waals surface area contributed by atoms with Crippen molar-refractivity contribution >= 4 is 82.2 Å². The van der Waals surface area contributed by atoms with Crippen molar-refractivity contribution in [3.63, 3.8) is 0 Å². The van der Waals surface area contributed by atoms with E-state index in [4.69, 9.17) is 58.6 Å².